The molecule has 2 N–H and O–H groups in total. The van der Waals surface area contributed by atoms with Crippen LogP contribution in [0.4, 0.5) is 0 Å². The van der Waals surface area contributed by atoms with Crippen LogP contribution >= 0.6 is 0 Å². The molecule has 122 valence electrons. The Morgan fingerprint density at radius 3 is 2.83 bits per heavy atom. The Morgan fingerprint density at radius 2 is 2.13 bits per heavy atom. The quantitative estimate of drug-likeness (QED) is 0.457. The molecule has 0 spiro atoms. The molecule has 0 unspecified atom stereocenters. The number of aromatic nitrogens is 3. The van der Waals surface area contributed by atoms with Crippen molar-refractivity contribution in [3.63, 3.8) is 0 Å². The first kappa shape index (κ1) is 16.5. The van der Waals surface area contributed by atoms with Gasteiger partial charge in [-0.3, -0.25) is 9.67 Å². The van der Waals surface area contributed by atoms with Crippen LogP contribution in [0.1, 0.15) is 11.4 Å². The molecule has 7 heteroatoms. The monoisotopic (exact) mass is 314 g/mol. The van der Waals surface area contributed by atoms with Gasteiger partial charge in [0.05, 0.1) is 6.54 Å². The topological polar surface area (TPSA) is 76.4 Å². The molecule has 0 aliphatic heterocycles. The first-order chi connectivity index (χ1) is 11.2. The van der Waals surface area contributed by atoms with Crippen molar-refractivity contribution in [3.8, 4) is 5.75 Å². The minimum atomic E-state index is 0.482. The molecule has 0 saturated heterocycles. The summed E-state index contributed by atoms with van der Waals surface area (Å²) in [5.41, 5.74) is 1.05. The van der Waals surface area contributed by atoms with Crippen molar-refractivity contribution in [2.24, 2.45) is 12.0 Å². The van der Waals surface area contributed by atoms with Crippen molar-refractivity contribution in [1.82, 2.24) is 25.4 Å². The number of para-hydroxylation sites is 1. The highest BCUT2D eigenvalue weighted by molar-refractivity contribution is 5.79. The van der Waals surface area contributed by atoms with Crippen molar-refractivity contribution in [2.45, 2.75) is 13.1 Å². The van der Waals surface area contributed by atoms with E-state index < -0.39 is 0 Å². The van der Waals surface area contributed by atoms with Gasteiger partial charge in [0, 0.05) is 26.2 Å². The molecular formula is C16H22N6O. The number of nitrogens with one attached hydrogen (secondary N) is 2. The van der Waals surface area contributed by atoms with E-state index in [1.165, 1.54) is 6.33 Å². The number of hydrogen-bond donors (Lipinski definition) is 2. The highest BCUT2D eigenvalue weighted by Crippen LogP contribution is 2.17. The van der Waals surface area contributed by atoms with Crippen molar-refractivity contribution in [1.29, 1.82) is 0 Å². The molecule has 2 rings (SSSR count). The molecule has 0 aliphatic carbocycles. The van der Waals surface area contributed by atoms with E-state index in [1.807, 2.05) is 31.3 Å². The smallest absolute Gasteiger partial charge is 0.191 e. The van der Waals surface area contributed by atoms with Crippen LogP contribution < -0.4 is 15.4 Å². The van der Waals surface area contributed by atoms with Gasteiger partial charge in [-0.05, 0) is 6.07 Å². The summed E-state index contributed by atoms with van der Waals surface area (Å²) < 4.78 is 7.37. The summed E-state index contributed by atoms with van der Waals surface area (Å²) in [5.74, 6) is 2.36. The average molecular weight is 314 g/mol. The number of nitrogens with zero attached hydrogens (tertiary/aromatic N) is 4. The molecule has 23 heavy (non-hydrogen) atoms. The predicted octanol–water partition coefficient (Wildman–Crippen LogP) is 1.25. The number of guanidine groups is 1. The van der Waals surface area contributed by atoms with Crippen LogP contribution in [-0.2, 0) is 20.1 Å². The number of hydrogen-bond acceptors (Lipinski definition) is 4. The van der Waals surface area contributed by atoms with Crippen LogP contribution in [0.25, 0.3) is 0 Å². The molecule has 0 aliphatic rings. The Labute approximate surface area is 136 Å². The Kier molecular flexibility index (Phi) is 6.17. The molecular weight excluding hydrogens is 292 g/mol. The Balaban J connectivity index is 1.90. The Hall–Kier alpha value is -2.83. The van der Waals surface area contributed by atoms with Crippen molar-refractivity contribution in [3.05, 3.63) is 54.6 Å². The summed E-state index contributed by atoms with van der Waals surface area (Å²) in [7, 11) is 3.58. The number of rotatable bonds is 7. The van der Waals surface area contributed by atoms with Crippen LogP contribution in [0.5, 0.6) is 5.75 Å². The van der Waals surface area contributed by atoms with E-state index >= 15 is 0 Å². The van der Waals surface area contributed by atoms with Crippen molar-refractivity contribution < 1.29 is 4.74 Å². The third kappa shape index (κ3) is 4.84. The predicted molar refractivity (Wildman–Crippen MR) is 90.2 cm³/mol. The standard InChI is InChI=1S/C16H22N6O/c1-4-9-23-14-8-6-5-7-13(14)10-18-16(17-2)19-11-15-20-12-21-22(15)3/h4-8,12H,1,9-11H2,2-3H3,(H2,17,18,19). The largest absolute Gasteiger partial charge is 0.489 e. The van der Waals surface area contributed by atoms with E-state index in [9.17, 15) is 0 Å². The summed E-state index contributed by atoms with van der Waals surface area (Å²) in [6.07, 6.45) is 3.26. The van der Waals surface area contributed by atoms with E-state index in [4.69, 9.17) is 4.74 Å². The molecule has 0 amide bonds. The number of aryl methyl sites for hydroxylation is 1. The van der Waals surface area contributed by atoms with Crippen LogP contribution in [0.15, 0.2) is 48.2 Å². The zero-order valence-corrected chi connectivity index (χ0v) is 13.5. The lowest BCUT2D eigenvalue weighted by molar-refractivity contribution is 0.358. The van der Waals surface area contributed by atoms with Gasteiger partial charge in [0.2, 0.25) is 0 Å². The van der Waals surface area contributed by atoms with E-state index in [-0.39, 0.29) is 0 Å². The number of benzene rings is 1. The summed E-state index contributed by atoms with van der Waals surface area (Å²) in [5, 5.41) is 10.5. The molecule has 2 aromatic rings. The molecule has 1 aromatic heterocycles. The highest BCUT2D eigenvalue weighted by Gasteiger charge is 2.05. The van der Waals surface area contributed by atoms with Crippen LogP contribution in [0.2, 0.25) is 0 Å². The zero-order chi connectivity index (χ0) is 16.5. The van der Waals surface area contributed by atoms with Crippen molar-refractivity contribution in [2.75, 3.05) is 13.7 Å². The maximum Gasteiger partial charge on any atom is 0.191 e. The Bertz CT molecular complexity index is 664. The van der Waals surface area contributed by atoms with Gasteiger partial charge in [-0.15, -0.1) is 0 Å². The van der Waals surface area contributed by atoms with Gasteiger partial charge in [0.25, 0.3) is 0 Å². The average Bonchev–Trinajstić information content (AvgIpc) is 2.99. The highest BCUT2D eigenvalue weighted by atomic mass is 16.5. The fraction of sp³-hybridized carbons (Fsp3) is 0.312. The summed E-state index contributed by atoms with van der Waals surface area (Å²) in [4.78, 5) is 8.37. The number of aliphatic imine (C=N–C) groups is 1. The molecule has 0 saturated carbocycles. The van der Waals surface area contributed by atoms with Gasteiger partial charge in [-0.2, -0.15) is 5.10 Å². The van der Waals surface area contributed by atoms with E-state index in [2.05, 4.69) is 32.3 Å². The third-order valence-electron chi connectivity index (χ3n) is 3.22. The fourth-order valence-corrected chi connectivity index (χ4v) is 1.98. The lowest BCUT2D eigenvalue weighted by atomic mass is 10.2. The normalized spacial score (nSPS) is 11.1. The van der Waals surface area contributed by atoms with E-state index in [1.54, 1.807) is 17.8 Å². The van der Waals surface area contributed by atoms with E-state index in [0.29, 0.717) is 25.7 Å². The second-order valence-corrected chi connectivity index (χ2v) is 4.79. The lowest BCUT2D eigenvalue weighted by Gasteiger charge is -2.14. The van der Waals surface area contributed by atoms with Crippen LogP contribution in [-0.4, -0.2) is 34.4 Å². The molecule has 0 radical (unpaired) electrons. The van der Waals surface area contributed by atoms with Gasteiger partial charge in [-0.25, -0.2) is 4.98 Å². The maximum atomic E-state index is 5.65. The minimum absolute atomic E-state index is 0.482. The molecule has 1 aromatic carbocycles. The van der Waals surface area contributed by atoms with Gasteiger partial charge in [0.1, 0.15) is 24.5 Å². The maximum absolute atomic E-state index is 5.65. The first-order valence-electron chi connectivity index (χ1n) is 7.33. The second-order valence-electron chi connectivity index (χ2n) is 4.79. The van der Waals surface area contributed by atoms with Gasteiger partial charge in [0.15, 0.2) is 5.96 Å². The van der Waals surface area contributed by atoms with Gasteiger partial charge in [-0.1, -0.05) is 30.9 Å². The third-order valence-corrected chi connectivity index (χ3v) is 3.22. The van der Waals surface area contributed by atoms with Gasteiger partial charge < -0.3 is 15.4 Å². The van der Waals surface area contributed by atoms with Crippen LogP contribution in [0.3, 0.4) is 0 Å². The lowest BCUT2D eigenvalue weighted by Crippen LogP contribution is -2.37. The first-order valence-corrected chi connectivity index (χ1v) is 7.33. The van der Waals surface area contributed by atoms with E-state index in [0.717, 1.165) is 17.1 Å². The Morgan fingerprint density at radius 1 is 1.35 bits per heavy atom. The summed E-state index contributed by atoms with van der Waals surface area (Å²) >= 11 is 0. The number of ether oxygens (including phenoxy) is 1. The molecule has 7 nitrogen and oxygen atoms in total. The summed E-state index contributed by atoms with van der Waals surface area (Å²) in [6, 6.07) is 7.88. The second kappa shape index (κ2) is 8.57. The molecule has 0 bridgehead atoms. The summed E-state index contributed by atoms with van der Waals surface area (Å²) in [6.45, 7) is 5.30. The molecule has 0 atom stereocenters. The fourth-order valence-electron chi connectivity index (χ4n) is 1.98. The minimum Gasteiger partial charge on any atom is -0.489 e. The zero-order valence-electron chi connectivity index (χ0n) is 13.5. The van der Waals surface area contributed by atoms with Crippen molar-refractivity contribution >= 4 is 5.96 Å². The molecule has 0 fully saturated rings. The van der Waals surface area contributed by atoms with Crippen LogP contribution in [0, 0.1) is 0 Å². The molecule has 1 heterocycles. The van der Waals surface area contributed by atoms with Gasteiger partial charge >= 0.3 is 0 Å². The SMILES string of the molecule is C=CCOc1ccccc1CNC(=NC)NCc1ncnn1C.